The van der Waals surface area contributed by atoms with E-state index in [0.29, 0.717) is 4.47 Å². The van der Waals surface area contributed by atoms with Crippen LogP contribution in [0.2, 0.25) is 0 Å². The molecule has 2 aromatic rings. The van der Waals surface area contributed by atoms with Crippen molar-refractivity contribution < 1.29 is 4.39 Å². The van der Waals surface area contributed by atoms with Gasteiger partial charge in [0.25, 0.3) is 0 Å². The van der Waals surface area contributed by atoms with Crippen molar-refractivity contribution in [2.45, 2.75) is 12.8 Å². The Morgan fingerprint density at radius 3 is 2.14 bits per heavy atom. The summed E-state index contributed by atoms with van der Waals surface area (Å²) in [6.07, 6.45) is 1.74. The fourth-order valence-electron chi connectivity index (χ4n) is 2.41. The van der Waals surface area contributed by atoms with Crippen molar-refractivity contribution in [3.63, 3.8) is 0 Å². The van der Waals surface area contributed by atoms with Crippen LogP contribution in [0.25, 0.3) is 0 Å². The van der Waals surface area contributed by atoms with Gasteiger partial charge in [0.1, 0.15) is 5.82 Å². The zero-order chi connectivity index (χ0) is 15.3. The molecule has 2 rings (SSSR count). The van der Waals surface area contributed by atoms with Crippen molar-refractivity contribution in [1.29, 1.82) is 0 Å². The van der Waals surface area contributed by atoms with E-state index in [1.165, 1.54) is 11.6 Å². The highest BCUT2D eigenvalue weighted by molar-refractivity contribution is 9.10. The second kappa shape index (κ2) is 7.89. The minimum absolute atomic E-state index is 0.0116. The lowest BCUT2D eigenvalue weighted by Gasteiger charge is -2.31. The maximum absolute atomic E-state index is 13.7. The lowest BCUT2D eigenvalue weighted by Crippen LogP contribution is -2.30. The topological polar surface area (TPSA) is 0 Å². The van der Waals surface area contributed by atoms with Gasteiger partial charge in [0.05, 0.1) is 4.47 Å². The third-order valence-electron chi connectivity index (χ3n) is 3.59. The van der Waals surface area contributed by atoms with E-state index in [0.717, 1.165) is 29.1 Å². The molecule has 21 heavy (non-hydrogen) atoms. The van der Waals surface area contributed by atoms with Crippen LogP contribution >= 0.6 is 47.8 Å². The molecule has 0 radical (unpaired) electrons. The fourth-order valence-corrected chi connectivity index (χ4v) is 4.53. The molecule has 0 saturated heterocycles. The summed E-state index contributed by atoms with van der Waals surface area (Å²) in [4.78, 5) is 0. The molecule has 0 unspecified atom stereocenters. The number of hydrogen-bond acceptors (Lipinski definition) is 0. The van der Waals surface area contributed by atoms with E-state index in [1.54, 1.807) is 6.07 Å². The van der Waals surface area contributed by atoms with Gasteiger partial charge >= 0.3 is 0 Å². The Morgan fingerprint density at radius 1 is 0.857 bits per heavy atom. The van der Waals surface area contributed by atoms with Gasteiger partial charge in [0.15, 0.2) is 0 Å². The second-order valence-electron chi connectivity index (χ2n) is 5.32. The minimum Gasteiger partial charge on any atom is -0.206 e. The number of alkyl halides is 2. The first-order valence-electron chi connectivity index (χ1n) is 6.69. The molecule has 0 fully saturated rings. The van der Waals surface area contributed by atoms with Crippen molar-refractivity contribution in [1.82, 2.24) is 0 Å². The van der Waals surface area contributed by atoms with Crippen molar-refractivity contribution in [2.75, 3.05) is 10.7 Å². The van der Waals surface area contributed by atoms with Crippen molar-refractivity contribution >= 4 is 47.8 Å². The van der Waals surface area contributed by atoms with Crippen molar-refractivity contribution in [2.24, 2.45) is 5.41 Å². The van der Waals surface area contributed by atoms with Crippen LogP contribution in [0.15, 0.2) is 53.0 Å². The Kier molecular flexibility index (Phi) is 6.45. The Morgan fingerprint density at radius 2 is 1.52 bits per heavy atom. The molecule has 0 nitrogen and oxygen atoms in total. The Bertz CT molecular complexity index is 580. The zero-order valence-electron chi connectivity index (χ0n) is 11.5. The summed E-state index contributed by atoms with van der Waals surface area (Å²) in [6.45, 7) is 0. The monoisotopic (exact) mass is 476 g/mol. The Hall–Kier alpha value is -0.190. The molecule has 0 spiro atoms. The summed E-state index contributed by atoms with van der Waals surface area (Å²) in [5.41, 5.74) is 2.31. The molecule has 0 aliphatic heterocycles. The molecule has 0 saturated carbocycles. The van der Waals surface area contributed by atoms with Crippen LogP contribution in [-0.2, 0) is 12.8 Å². The molecular weight excluding hydrogens is 463 g/mol. The molecule has 0 heterocycles. The summed E-state index contributed by atoms with van der Waals surface area (Å²) < 4.78 is 14.3. The molecule has 0 amide bonds. The average molecular weight is 479 g/mol. The van der Waals surface area contributed by atoms with Gasteiger partial charge in [-0.05, 0) is 51.4 Å². The van der Waals surface area contributed by atoms with Gasteiger partial charge in [-0.25, -0.2) is 4.39 Å². The summed E-state index contributed by atoms with van der Waals surface area (Å²) >= 11 is 10.7. The molecule has 2 aromatic carbocycles. The third-order valence-corrected chi connectivity index (χ3v) is 6.85. The number of benzene rings is 2. The van der Waals surface area contributed by atoms with Gasteiger partial charge in [-0.3, -0.25) is 0 Å². The van der Waals surface area contributed by atoms with Crippen LogP contribution in [0.3, 0.4) is 0 Å². The lowest BCUT2D eigenvalue weighted by molar-refractivity contribution is 0.384. The van der Waals surface area contributed by atoms with Gasteiger partial charge in [-0.2, -0.15) is 0 Å². The quantitative estimate of drug-likeness (QED) is 0.437. The van der Waals surface area contributed by atoms with E-state index < -0.39 is 0 Å². The van der Waals surface area contributed by atoms with Gasteiger partial charge in [-0.1, -0.05) is 74.3 Å². The molecular formula is C17H16Br3F. The highest BCUT2D eigenvalue weighted by Crippen LogP contribution is 2.35. The Balaban J connectivity index is 2.27. The highest BCUT2D eigenvalue weighted by Gasteiger charge is 2.29. The van der Waals surface area contributed by atoms with E-state index in [-0.39, 0.29) is 11.2 Å². The van der Waals surface area contributed by atoms with Crippen LogP contribution in [0.5, 0.6) is 0 Å². The van der Waals surface area contributed by atoms with Gasteiger partial charge in [0, 0.05) is 10.7 Å². The molecule has 0 aliphatic carbocycles. The summed E-state index contributed by atoms with van der Waals surface area (Å²) in [5, 5.41) is 1.70. The van der Waals surface area contributed by atoms with Crippen molar-refractivity contribution in [3.05, 3.63) is 69.9 Å². The molecule has 0 aromatic heterocycles. The maximum Gasteiger partial charge on any atom is 0.137 e. The number of rotatable bonds is 6. The van der Waals surface area contributed by atoms with Crippen LogP contribution in [-0.4, -0.2) is 10.7 Å². The fraction of sp³-hybridized carbons (Fsp3) is 0.294. The minimum atomic E-state index is -0.203. The van der Waals surface area contributed by atoms with Gasteiger partial charge in [-0.15, -0.1) is 0 Å². The lowest BCUT2D eigenvalue weighted by atomic mass is 9.80. The maximum atomic E-state index is 13.7. The van der Waals surface area contributed by atoms with Gasteiger partial charge in [0.2, 0.25) is 0 Å². The predicted molar refractivity (Wildman–Crippen MR) is 98.0 cm³/mol. The smallest absolute Gasteiger partial charge is 0.137 e. The Labute approximate surface area is 150 Å². The predicted octanol–water partition coefficient (Wildman–Crippen LogP) is 6.15. The first kappa shape index (κ1) is 17.2. The molecule has 0 atom stereocenters. The standard InChI is InChI=1S/C17H16Br3F/c18-11-17(12-19,9-13-5-2-1-3-6-13)10-14-7-4-8-15(21)16(14)20/h1-8H,9-12H2. The van der Waals surface area contributed by atoms with Crippen molar-refractivity contribution in [3.8, 4) is 0 Å². The molecule has 112 valence electrons. The third kappa shape index (κ3) is 4.40. The zero-order valence-corrected chi connectivity index (χ0v) is 16.2. The summed E-state index contributed by atoms with van der Waals surface area (Å²) in [6, 6.07) is 15.7. The summed E-state index contributed by atoms with van der Waals surface area (Å²) in [5.74, 6) is -0.203. The van der Waals surface area contributed by atoms with E-state index >= 15 is 0 Å². The molecule has 0 bridgehead atoms. The molecule has 0 N–H and O–H groups in total. The average Bonchev–Trinajstić information content (AvgIpc) is 2.52. The van der Waals surface area contributed by atoms with Crippen LogP contribution in [0.1, 0.15) is 11.1 Å². The number of hydrogen-bond donors (Lipinski definition) is 0. The van der Waals surface area contributed by atoms with Crippen LogP contribution in [0, 0.1) is 11.2 Å². The highest BCUT2D eigenvalue weighted by atomic mass is 79.9. The molecule has 0 aliphatic rings. The van der Waals surface area contributed by atoms with E-state index in [2.05, 4.69) is 72.1 Å². The molecule has 4 heteroatoms. The SMILES string of the molecule is Fc1cccc(CC(CBr)(CBr)Cc2ccccc2)c1Br. The normalized spacial score (nSPS) is 11.6. The summed E-state index contributed by atoms with van der Waals surface area (Å²) in [7, 11) is 0. The second-order valence-corrected chi connectivity index (χ2v) is 7.23. The van der Waals surface area contributed by atoms with Crippen LogP contribution in [0.4, 0.5) is 4.39 Å². The van der Waals surface area contributed by atoms with E-state index in [1.807, 2.05) is 12.1 Å². The number of halogens is 4. The van der Waals surface area contributed by atoms with E-state index in [4.69, 9.17) is 0 Å². The first-order valence-corrected chi connectivity index (χ1v) is 9.72. The first-order chi connectivity index (χ1) is 10.1. The largest absolute Gasteiger partial charge is 0.206 e. The van der Waals surface area contributed by atoms with E-state index in [9.17, 15) is 4.39 Å². The van der Waals surface area contributed by atoms with Crippen LogP contribution < -0.4 is 0 Å². The van der Waals surface area contributed by atoms with Gasteiger partial charge < -0.3 is 0 Å².